The number of nitrogens with two attached hydrogens (primary N) is 1. The standard InChI is InChI=1S/C13H13FN4O3/c14-7-1-2-9-8(5-7)11(17-16-9)13(20)18-3-4-21-10(6-18)12(15)19/h1-2,5,10H,3-4,6H2,(H2,15,19)(H,16,17). The van der Waals surface area contributed by atoms with Gasteiger partial charge in [-0.2, -0.15) is 5.10 Å². The molecule has 0 bridgehead atoms. The first-order valence-electron chi connectivity index (χ1n) is 6.40. The Morgan fingerprint density at radius 2 is 2.29 bits per heavy atom. The van der Waals surface area contributed by atoms with E-state index in [0.717, 1.165) is 0 Å². The zero-order valence-electron chi connectivity index (χ0n) is 11.0. The molecule has 3 rings (SSSR count). The SMILES string of the molecule is NC(=O)C1CN(C(=O)c2n[nH]c3ccc(F)cc23)CCO1. The molecule has 1 unspecified atom stereocenters. The van der Waals surface area contributed by atoms with Crippen LogP contribution in [0.2, 0.25) is 0 Å². The van der Waals surface area contributed by atoms with Crippen LogP contribution < -0.4 is 5.73 Å². The van der Waals surface area contributed by atoms with Gasteiger partial charge in [0, 0.05) is 11.9 Å². The first-order chi connectivity index (χ1) is 10.1. The number of amides is 2. The minimum Gasteiger partial charge on any atom is -0.367 e. The Bertz CT molecular complexity index is 715. The van der Waals surface area contributed by atoms with Crippen molar-refractivity contribution in [2.75, 3.05) is 19.7 Å². The number of benzene rings is 1. The lowest BCUT2D eigenvalue weighted by molar-refractivity contribution is -0.133. The van der Waals surface area contributed by atoms with Crippen LogP contribution in [0.15, 0.2) is 18.2 Å². The number of hydrogen-bond donors (Lipinski definition) is 2. The molecule has 0 radical (unpaired) electrons. The number of primary amides is 1. The second-order valence-corrected chi connectivity index (χ2v) is 4.78. The predicted molar refractivity (Wildman–Crippen MR) is 70.9 cm³/mol. The van der Waals surface area contributed by atoms with E-state index in [1.165, 1.54) is 23.1 Å². The van der Waals surface area contributed by atoms with Crippen molar-refractivity contribution in [3.05, 3.63) is 29.7 Å². The van der Waals surface area contributed by atoms with E-state index in [0.29, 0.717) is 17.4 Å². The predicted octanol–water partition coefficient (Wildman–Crippen LogP) is 0.0283. The summed E-state index contributed by atoms with van der Waals surface area (Å²) in [5, 5.41) is 7.03. The fraction of sp³-hybridized carbons (Fsp3) is 0.308. The topological polar surface area (TPSA) is 101 Å². The van der Waals surface area contributed by atoms with Crippen LogP contribution in [0.1, 0.15) is 10.5 Å². The highest BCUT2D eigenvalue weighted by atomic mass is 19.1. The number of morpholine rings is 1. The third-order valence-corrected chi connectivity index (χ3v) is 3.40. The maximum atomic E-state index is 13.3. The molecule has 1 aromatic carbocycles. The number of fused-ring (bicyclic) bond motifs is 1. The van der Waals surface area contributed by atoms with Crippen LogP contribution in [0.4, 0.5) is 4.39 Å². The molecule has 7 nitrogen and oxygen atoms in total. The van der Waals surface area contributed by atoms with E-state index in [9.17, 15) is 14.0 Å². The van der Waals surface area contributed by atoms with Gasteiger partial charge in [0.15, 0.2) is 11.8 Å². The molecule has 0 saturated carbocycles. The average Bonchev–Trinajstić information content (AvgIpc) is 2.89. The van der Waals surface area contributed by atoms with Gasteiger partial charge >= 0.3 is 0 Å². The summed E-state index contributed by atoms with van der Waals surface area (Å²) in [5.74, 6) is -1.46. The second kappa shape index (κ2) is 5.13. The highest BCUT2D eigenvalue weighted by Gasteiger charge is 2.30. The third kappa shape index (κ3) is 2.45. The van der Waals surface area contributed by atoms with Crippen LogP contribution in [0.5, 0.6) is 0 Å². The molecular weight excluding hydrogens is 279 g/mol. The van der Waals surface area contributed by atoms with Gasteiger partial charge in [0.05, 0.1) is 18.7 Å². The van der Waals surface area contributed by atoms with E-state index in [1.807, 2.05) is 0 Å². The Balaban J connectivity index is 1.90. The molecule has 1 aliphatic heterocycles. The van der Waals surface area contributed by atoms with Crippen LogP contribution in [0.3, 0.4) is 0 Å². The molecular formula is C13H13FN4O3. The molecule has 1 fully saturated rings. The van der Waals surface area contributed by atoms with Crippen molar-refractivity contribution in [3.8, 4) is 0 Å². The van der Waals surface area contributed by atoms with Gasteiger partial charge in [-0.15, -0.1) is 0 Å². The summed E-state index contributed by atoms with van der Waals surface area (Å²) < 4.78 is 18.5. The first-order valence-corrected chi connectivity index (χ1v) is 6.40. The molecule has 21 heavy (non-hydrogen) atoms. The average molecular weight is 292 g/mol. The van der Waals surface area contributed by atoms with Crippen molar-refractivity contribution in [2.24, 2.45) is 5.73 Å². The van der Waals surface area contributed by atoms with Crippen LogP contribution in [0.25, 0.3) is 10.9 Å². The van der Waals surface area contributed by atoms with Crippen molar-refractivity contribution in [1.29, 1.82) is 0 Å². The quantitative estimate of drug-likeness (QED) is 0.815. The van der Waals surface area contributed by atoms with Crippen molar-refractivity contribution in [3.63, 3.8) is 0 Å². The molecule has 110 valence electrons. The number of carbonyl (C=O) groups excluding carboxylic acids is 2. The fourth-order valence-electron chi connectivity index (χ4n) is 2.30. The molecule has 2 heterocycles. The van der Waals surface area contributed by atoms with E-state index >= 15 is 0 Å². The van der Waals surface area contributed by atoms with E-state index < -0.39 is 17.8 Å². The molecule has 3 N–H and O–H groups in total. The van der Waals surface area contributed by atoms with E-state index in [4.69, 9.17) is 10.5 Å². The lowest BCUT2D eigenvalue weighted by Crippen LogP contribution is -2.50. The summed E-state index contributed by atoms with van der Waals surface area (Å²) in [5.41, 5.74) is 5.87. The number of aromatic amines is 1. The number of halogens is 1. The Morgan fingerprint density at radius 3 is 3.05 bits per heavy atom. The number of aromatic nitrogens is 2. The van der Waals surface area contributed by atoms with E-state index in [2.05, 4.69) is 10.2 Å². The Labute approximate surface area is 118 Å². The second-order valence-electron chi connectivity index (χ2n) is 4.78. The smallest absolute Gasteiger partial charge is 0.275 e. The molecule has 0 spiro atoms. The maximum absolute atomic E-state index is 13.3. The lowest BCUT2D eigenvalue weighted by Gasteiger charge is -2.30. The van der Waals surface area contributed by atoms with Gasteiger partial charge in [-0.25, -0.2) is 4.39 Å². The number of ether oxygens (including phenoxy) is 1. The highest BCUT2D eigenvalue weighted by molar-refractivity contribution is 6.04. The fourth-order valence-corrected chi connectivity index (χ4v) is 2.30. The Kier molecular flexibility index (Phi) is 3.30. The van der Waals surface area contributed by atoms with Gasteiger partial charge in [0.2, 0.25) is 5.91 Å². The summed E-state index contributed by atoms with van der Waals surface area (Å²) >= 11 is 0. The Morgan fingerprint density at radius 1 is 1.48 bits per heavy atom. The first kappa shape index (κ1) is 13.5. The summed E-state index contributed by atoms with van der Waals surface area (Å²) in [6.07, 6.45) is -0.829. The molecule has 1 aromatic heterocycles. The van der Waals surface area contributed by atoms with Gasteiger partial charge in [0.1, 0.15) is 5.82 Å². The zero-order valence-corrected chi connectivity index (χ0v) is 11.0. The monoisotopic (exact) mass is 292 g/mol. The van der Waals surface area contributed by atoms with Gasteiger partial charge in [0.25, 0.3) is 5.91 Å². The van der Waals surface area contributed by atoms with E-state index in [-0.39, 0.29) is 24.8 Å². The number of hydrogen-bond acceptors (Lipinski definition) is 4. The van der Waals surface area contributed by atoms with Gasteiger partial charge < -0.3 is 15.4 Å². The van der Waals surface area contributed by atoms with Gasteiger partial charge in [-0.1, -0.05) is 0 Å². The normalized spacial score (nSPS) is 18.9. The minimum absolute atomic E-state index is 0.0673. The largest absolute Gasteiger partial charge is 0.367 e. The lowest BCUT2D eigenvalue weighted by atomic mass is 10.1. The van der Waals surface area contributed by atoms with Crippen molar-refractivity contribution >= 4 is 22.7 Å². The van der Waals surface area contributed by atoms with Crippen LogP contribution >= 0.6 is 0 Å². The van der Waals surface area contributed by atoms with Crippen LogP contribution in [-0.2, 0) is 9.53 Å². The van der Waals surface area contributed by atoms with Gasteiger partial charge in [-0.3, -0.25) is 14.7 Å². The van der Waals surface area contributed by atoms with Crippen LogP contribution in [-0.4, -0.2) is 52.7 Å². The summed E-state index contributed by atoms with van der Waals surface area (Å²) in [7, 11) is 0. The van der Waals surface area contributed by atoms with Crippen molar-refractivity contribution < 1.29 is 18.7 Å². The van der Waals surface area contributed by atoms with Crippen molar-refractivity contribution in [2.45, 2.75) is 6.10 Å². The highest BCUT2D eigenvalue weighted by Crippen LogP contribution is 2.19. The molecule has 1 atom stereocenters. The van der Waals surface area contributed by atoms with Crippen LogP contribution in [0, 0.1) is 5.82 Å². The third-order valence-electron chi connectivity index (χ3n) is 3.40. The molecule has 2 aromatic rings. The maximum Gasteiger partial charge on any atom is 0.275 e. The number of rotatable bonds is 2. The summed E-state index contributed by atoms with van der Waals surface area (Å²) in [4.78, 5) is 25.1. The Hall–Kier alpha value is -2.48. The summed E-state index contributed by atoms with van der Waals surface area (Å²) in [6.45, 7) is 0.611. The molecule has 0 aliphatic carbocycles. The molecule has 1 aliphatic rings. The zero-order chi connectivity index (χ0) is 15.0. The summed E-state index contributed by atoms with van der Waals surface area (Å²) in [6, 6.07) is 4.05. The van der Waals surface area contributed by atoms with E-state index in [1.54, 1.807) is 0 Å². The molecule has 2 amide bonds. The van der Waals surface area contributed by atoms with Crippen molar-refractivity contribution in [1.82, 2.24) is 15.1 Å². The minimum atomic E-state index is -0.829. The number of H-pyrrole nitrogens is 1. The number of carbonyl (C=O) groups is 2. The number of nitrogens with zero attached hydrogens (tertiary/aromatic N) is 2. The number of nitrogens with one attached hydrogen (secondary N) is 1. The van der Waals surface area contributed by atoms with Gasteiger partial charge in [-0.05, 0) is 18.2 Å². The molecule has 8 heteroatoms. The molecule has 1 saturated heterocycles.